The first-order valence-electron chi connectivity index (χ1n) is 10.7. The second-order valence-corrected chi connectivity index (χ2v) is 9.47. The zero-order chi connectivity index (χ0) is 21.2. The van der Waals surface area contributed by atoms with Crippen LogP contribution in [0, 0.1) is 12.5 Å². The van der Waals surface area contributed by atoms with E-state index in [2.05, 4.69) is 25.7 Å². The second kappa shape index (κ2) is 8.56. The highest BCUT2D eigenvalue weighted by Gasteiger charge is 2.21. The van der Waals surface area contributed by atoms with Crippen LogP contribution < -0.4 is 0 Å². The Bertz CT molecular complexity index is 1320. The summed E-state index contributed by atoms with van der Waals surface area (Å²) in [5, 5.41) is 9.91. The summed E-state index contributed by atoms with van der Waals surface area (Å²) in [4.78, 5) is 8.27. The molecular formula is C24H23N5OS. The molecule has 6 nitrogen and oxygen atoms in total. The summed E-state index contributed by atoms with van der Waals surface area (Å²) in [6.07, 6.45) is 6.36. The SMILES string of the molecule is [C-]#[N+]c1ccccc1CS(=O)c1nnc2c3ccccc3n(CC3CCCCC3)c2n1. The molecule has 2 aromatic heterocycles. The monoisotopic (exact) mass is 429 g/mol. The maximum Gasteiger partial charge on any atom is 0.241 e. The van der Waals surface area contributed by atoms with Gasteiger partial charge in [0, 0.05) is 17.7 Å². The lowest BCUT2D eigenvalue weighted by molar-refractivity contribution is 0.325. The quantitative estimate of drug-likeness (QED) is 0.398. The molecule has 1 aliphatic rings. The fourth-order valence-electron chi connectivity index (χ4n) is 4.55. The average molecular weight is 430 g/mol. The van der Waals surface area contributed by atoms with Crippen molar-refractivity contribution in [1.82, 2.24) is 19.7 Å². The number of hydrogen-bond acceptors (Lipinski definition) is 4. The topological polar surface area (TPSA) is 65.0 Å². The van der Waals surface area contributed by atoms with Crippen LogP contribution in [0.2, 0.25) is 0 Å². The van der Waals surface area contributed by atoms with Crippen molar-refractivity contribution < 1.29 is 4.21 Å². The van der Waals surface area contributed by atoms with E-state index in [1.165, 1.54) is 32.1 Å². The van der Waals surface area contributed by atoms with Gasteiger partial charge in [-0.15, -0.1) is 10.2 Å². The maximum absolute atomic E-state index is 13.1. The Morgan fingerprint density at radius 2 is 1.81 bits per heavy atom. The molecule has 0 radical (unpaired) electrons. The number of fused-ring (bicyclic) bond motifs is 3. The van der Waals surface area contributed by atoms with E-state index in [4.69, 9.17) is 11.6 Å². The molecule has 1 saturated carbocycles. The van der Waals surface area contributed by atoms with Gasteiger partial charge in [-0.05, 0) is 30.4 Å². The molecule has 0 aliphatic heterocycles. The van der Waals surface area contributed by atoms with Gasteiger partial charge in [-0.3, -0.25) is 4.21 Å². The highest BCUT2D eigenvalue weighted by Crippen LogP contribution is 2.31. The number of benzene rings is 2. The second-order valence-electron chi connectivity index (χ2n) is 8.13. The van der Waals surface area contributed by atoms with Gasteiger partial charge < -0.3 is 4.57 Å². The largest absolute Gasteiger partial charge is 0.324 e. The Morgan fingerprint density at radius 1 is 1.03 bits per heavy atom. The van der Waals surface area contributed by atoms with Crippen LogP contribution in [-0.4, -0.2) is 24.0 Å². The molecule has 7 heteroatoms. The van der Waals surface area contributed by atoms with Crippen LogP contribution >= 0.6 is 0 Å². The molecule has 0 spiro atoms. The van der Waals surface area contributed by atoms with Crippen LogP contribution in [0.1, 0.15) is 37.7 Å². The lowest BCUT2D eigenvalue weighted by Gasteiger charge is -2.22. The van der Waals surface area contributed by atoms with Crippen molar-refractivity contribution in [2.75, 3.05) is 0 Å². The van der Waals surface area contributed by atoms with E-state index in [0.717, 1.165) is 34.2 Å². The third-order valence-corrected chi connectivity index (χ3v) is 7.28. The van der Waals surface area contributed by atoms with E-state index in [1.54, 1.807) is 6.07 Å². The molecule has 5 rings (SSSR count). The molecule has 0 bridgehead atoms. The maximum atomic E-state index is 13.1. The summed E-state index contributed by atoms with van der Waals surface area (Å²) in [5.74, 6) is 0.830. The predicted octanol–water partition coefficient (Wildman–Crippen LogP) is 5.42. The number of rotatable bonds is 5. The normalized spacial score (nSPS) is 15.8. The van der Waals surface area contributed by atoms with Crippen LogP contribution in [0.25, 0.3) is 26.9 Å². The zero-order valence-electron chi connectivity index (χ0n) is 17.2. The van der Waals surface area contributed by atoms with Crippen molar-refractivity contribution >= 4 is 38.6 Å². The van der Waals surface area contributed by atoms with Crippen LogP contribution in [0.15, 0.2) is 53.7 Å². The fourth-order valence-corrected chi connectivity index (χ4v) is 5.52. The average Bonchev–Trinajstić information content (AvgIpc) is 3.13. The lowest BCUT2D eigenvalue weighted by atomic mass is 9.89. The molecule has 1 atom stereocenters. The van der Waals surface area contributed by atoms with Crippen LogP contribution in [0.5, 0.6) is 0 Å². The van der Waals surface area contributed by atoms with E-state index in [-0.39, 0.29) is 10.9 Å². The Hall–Kier alpha value is -3.11. The van der Waals surface area contributed by atoms with E-state index in [0.29, 0.717) is 11.6 Å². The summed E-state index contributed by atoms with van der Waals surface area (Å²) < 4.78 is 15.3. The molecule has 156 valence electrons. The molecule has 0 amide bonds. The molecule has 31 heavy (non-hydrogen) atoms. The van der Waals surface area contributed by atoms with Gasteiger partial charge in [-0.2, -0.15) is 4.98 Å². The Kier molecular flexibility index (Phi) is 5.47. The smallest absolute Gasteiger partial charge is 0.241 e. The summed E-state index contributed by atoms with van der Waals surface area (Å²) in [7, 11) is -1.48. The standard InChI is InChI=1S/C24H23N5OS/c1-25-20-13-7-5-11-18(20)16-31(30)24-26-23-22(27-28-24)19-12-6-8-14-21(19)29(23)15-17-9-3-2-4-10-17/h5-8,11-14,17H,2-4,9-10,15-16H2. The van der Waals surface area contributed by atoms with Crippen molar-refractivity contribution in [3.63, 3.8) is 0 Å². The minimum atomic E-state index is -1.48. The first kappa shape index (κ1) is 19.8. The van der Waals surface area contributed by atoms with E-state index >= 15 is 0 Å². The minimum Gasteiger partial charge on any atom is -0.324 e. The third-order valence-electron chi connectivity index (χ3n) is 6.12. The summed E-state index contributed by atoms with van der Waals surface area (Å²) in [6.45, 7) is 8.23. The van der Waals surface area contributed by atoms with Crippen molar-refractivity contribution in [3.8, 4) is 0 Å². The number of aromatic nitrogens is 4. The zero-order valence-corrected chi connectivity index (χ0v) is 18.0. The molecule has 2 aromatic carbocycles. The van der Waals surface area contributed by atoms with Crippen LogP contribution in [0.4, 0.5) is 5.69 Å². The lowest BCUT2D eigenvalue weighted by Crippen LogP contribution is -2.15. The van der Waals surface area contributed by atoms with Crippen LogP contribution in [-0.2, 0) is 23.1 Å². The van der Waals surface area contributed by atoms with Gasteiger partial charge >= 0.3 is 0 Å². The van der Waals surface area contributed by atoms with E-state index in [1.807, 2.05) is 36.4 Å². The van der Waals surface area contributed by atoms with Gasteiger partial charge in [-0.1, -0.05) is 61.7 Å². The van der Waals surface area contributed by atoms with E-state index in [9.17, 15) is 4.21 Å². The first-order valence-corrected chi connectivity index (χ1v) is 12.0. The highest BCUT2D eigenvalue weighted by molar-refractivity contribution is 7.84. The molecule has 1 aliphatic carbocycles. The van der Waals surface area contributed by atoms with Gasteiger partial charge in [0.15, 0.2) is 11.3 Å². The Balaban J connectivity index is 1.55. The fraction of sp³-hybridized carbons (Fsp3) is 0.333. The molecule has 0 N–H and O–H groups in total. The van der Waals surface area contributed by atoms with Crippen molar-refractivity contribution in [2.45, 2.75) is 49.6 Å². The predicted molar refractivity (Wildman–Crippen MR) is 122 cm³/mol. The summed E-state index contributed by atoms with van der Waals surface area (Å²) in [6, 6.07) is 15.4. The van der Waals surface area contributed by atoms with Crippen molar-refractivity contribution in [3.05, 3.63) is 65.5 Å². The number of nitrogens with zero attached hydrogens (tertiary/aromatic N) is 5. The third kappa shape index (κ3) is 3.84. The summed E-state index contributed by atoms with van der Waals surface area (Å²) >= 11 is 0. The van der Waals surface area contributed by atoms with Crippen molar-refractivity contribution in [2.24, 2.45) is 5.92 Å². The minimum absolute atomic E-state index is 0.203. The molecule has 4 aromatic rings. The van der Waals surface area contributed by atoms with Gasteiger partial charge in [-0.25, -0.2) is 4.85 Å². The number of hydrogen-bond donors (Lipinski definition) is 0. The molecule has 0 saturated heterocycles. The molecule has 1 unspecified atom stereocenters. The molecule has 2 heterocycles. The van der Waals surface area contributed by atoms with Crippen LogP contribution in [0.3, 0.4) is 0 Å². The Morgan fingerprint density at radius 3 is 2.65 bits per heavy atom. The molecule has 1 fully saturated rings. The van der Waals surface area contributed by atoms with Gasteiger partial charge in [0.25, 0.3) is 0 Å². The molecular weight excluding hydrogens is 406 g/mol. The van der Waals surface area contributed by atoms with Gasteiger partial charge in [0.1, 0.15) is 5.52 Å². The van der Waals surface area contributed by atoms with E-state index < -0.39 is 10.8 Å². The van der Waals surface area contributed by atoms with Crippen molar-refractivity contribution in [1.29, 1.82) is 0 Å². The first-order chi connectivity index (χ1) is 15.2. The highest BCUT2D eigenvalue weighted by atomic mass is 32.2. The Labute approximate surface area is 183 Å². The summed E-state index contributed by atoms with van der Waals surface area (Å²) in [5.41, 5.74) is 3.86. The number of para-hydroxylation sites is 2. The van der Waals surface area contributed by atoms with Gasteiger partial charge in [0.05, 0.1) is 22.9 Å². The van der Waals surface area contributed by atoms with Gasteiger partial charge in [0.2, 0.25) is 5.16 Å².